The summed E-state index contributed by atoms with van der Waals surface area (Å²) in [5.41, 5.74) is 4.38. The summed E-state index contributed by atoms with van der Waals surface area (Å²) in [7, 11) is 1.60. The monoisotopic (exact) mass is 479 g/mol. The molecule has 1 aliphatic carbocycles. The lowest BCUT2D eigenvalue weighted by Gasteiger charge is -2.29. The normalized spacial score (nSPS) is 21.3. The molecule has 2 aromatic rings. The van der Waals surface area contributed by atoms with Crippen LogP contribution in [0.2, 0.25) is 0 Å². The molecule has 1 aromatic heterocycles. The Kier molecular flexibility index (Phi) is 7.90. The zero-order valence-electron chi connectivity index (χ0n) is 20.3. The van der Waals surface area contributed by atoms with Crippen molar-refractivity contribution in [2.75, 3.05) is 7.11 Å². The molecule has 8 nitrogen and oxygen atoms in total. The van der Waals surface area contributed by atoms with E-state index in [-0.39, 0.29) is 18.1 Å². The molecule has 0 unspecified atom stereocenters. The van der Waals surface area contributed by atoms with Gasteiger partial charge in [0, 0.05) is 35.0 Å². The fourth-order valence-electron chi connectivity index (χ4n) is 4.92. The second-order valence-electron chi connectivity index (χ2n) is 9.13. The number of aromatic nitrogens is 1. The molecule has 0 spiro atoms. The van der Waals surface area contributed by atoms with Crippen LogP contribution in [0.15, 0.2) is 36.4 Å². The fraction of sp³-hybridized carbons (Fsp3) is 0.444. The van der Waals surface area contributed by atoms with Gasteiger partial charge < -0.3 is 25.2 Å². The number of ether oxygens (including phenoxy) is 2. The average molecular weight is 480 g/mol. The van der Waals surface area contributed by atoms with E-state index >= 15 is 0 Å². The predicted molar refractivity (Wildman–Crippen MR) is 132 cm³/mol. The van der Waals surface area contributed by atoms with Gasteiger partial charge in [0.15, 0.2) is 0 Å². The topological polar surface area (TPSA) is 110 Å². The van der Waals surface area contributed by atoms with Crippen LogP contribution in [-0.2, 0) is 19.4 Å². The Morgan fingerprint density at radius 1 is 1.17 bits per heavy atom. The molecule has 1 fully saturated rings. The summed E-state index contributed by atoms with van der Waals surface area (Å²) in [4.78, 5) is 28.7. The number of rotatable bonds is 4. The standard InChI is InChI=1S/C27H33N3O5/c1-17-15-18-7-4-3-5-8-21-22(25(31)28-16-23(18)26(29-17)34-2)9-6-10-24(21)35-20-13-11-19(12-14-20)30-27(32)33/h3,5-6,9-10,15,19-20,30H,4,7-8,11-14,16H2,1-2H3,(H,28,31)(H,32,33)/b5-3+/t19-,20-. The van der Waals surface area contributed by atoms with Gasteiger partial charge in [0.05, 0.1) is 13.2 Å². The van der Waals surface area contributed by atoms with Crippen LogP contribution >= 0.6 is 0 Å². The molecule has 2 aliphatic rings. The van der Waals surface area contributed by atoms with Crippen LogP contribution in [0.3, 0.4) is 0 Å². The molecule has 1 aliphatic heterocycles. The molecule has 0 radical (unpaired) electrons. The number of hydrogen-bond acceptors (Lipinski definition) is 5. The number of benzene rings is 1. The van der Waals surface area contributed by atoms with Crippen LogP contribution in [-0.4, -0.2) is 41.3 Å². The zero-order chi connectivity index (χ0) is 24.8. The van der Waals surface area contributed by atoms with Crippen LogP contribution in [0.25, 0.3) is 0 Å². The number of amides is 2. The average Bonchev–Trinajstić information content (AvgIpc) is 2.83. The third-order valence-corrected chi connectivity index (χ3v) is 6.67. The van der Waals surface area contributed by atoms with Crippen LogP contribution in [0.4, 0.5) is 4.79 Å². The fourth-order valence-corrected chi connectivity index (χ4v) is 4.92. The lowest BCUT2D eigenvalue weighted by molar-refractivity contribution is 0.0947. The van der Waals surface area contributed by atoms with Gasteiger partial charge in [-0.3, -0.25) is 4.79 Å². The van der Waals surface area contributed by atoms with Gasteiger partial charge >= 0.3 is 6.09 Å². The molecule has 0 bridgehead atoms. The second kappa shape index (κ2) is 11.3. The maximum Gasteiger partial charge on any atom is 0.404 e. The van der Waals surface area contributed by atoms with Gasteiger partial charge in [-0.2, -0.15) is 0 Å². The lowest BCUT2D eigenvalue weighted by atomic mass is 9.92. The summed E-state index contributed by atoms with van der Waals surface area (Å²) in [5, 5.41) is 14.6. The first-order valence-corrected chi connectivity index (χ1v) is 12.2. The second-order valence-corrected chi connectivity index (χ2v) is 9.13. The maximum absolute atomic E-state index is 13.3. The van der Waals surface area contributed by atoms with Gasteiger partial charge in [0.25, 0.3) is 5.91 Å². The van der Waals surface area contributed by atoms with Gasteiger partial charge in [-0.05, 0) is 75.6 Å². The number of hydrogen-bond donors (Lipinski definition) is 3. The van der Waals surface area contributed by atoms with Crippen molar-refractivity contribution in [2.45, 2.75) is 70.6 Å². The van der Waals surface area contributed by atoms with E-state index in [4.69, 9.17) is 14.6 Å². The van der Waals surface area contributed by atoms with Gasteiger partial charge in [-0.25, -0.2) is 9.78 Å². The minimum atomic E-state index is -0.985. The highest BCUT2D eigenvalue weighted by atomic mass is 16.5. The first-order chi connectivity index (χ1) is 16.9. The number of fused-ring (bicyclic) bond motifs is 2. The van der Waals surface area contributed by atoms with E-state index in [2.05, 4.69) is 33.8 Å². The molecule has 0 saturated heterocycles. The highest BCUT2D eigenvalue weighted by Crippen LogP contribution is 2.30. The number of carbonyl (C=O) groups excluding carboxylic acids is 1. The minimum absolute atomic E-state index is 0.00720. The quantitative estimate of drug-likeness (QED) is 0.563. The molecule has 35 heavy (non-hydrogen) atoms. The van der Waals surface area contributed by atoms with E-state index in [0.717, 1.165) is 60.9 Å². The Morgan fingerprint density at radius 2 is 1.97 bits per heavy atom. The van der Waals surface area contributed by atoms with Crippen molar-refractivity contribution in [1.29, 1.82) is 0 Å². The van der Waals surface area contributed by atoms with Crippen molar-refractivity contribution in [2.24, 2.45) is 0 Å². The van der Waals surface area contributed by atoms with Crippen LogP contribution in [0, 0.1) is 6.92 Å². The maximum atomic E-state index is 13.3. The summed E-state index contributed by atoms with van der Waals surface area (Å²) in [6.07, 6.45) is 8.55. The van der Waals surface area contributed by atoms with Crippen LogP contribution in [0.5, 0.6) is 11.6 Å². The smallest absolute Gasteiger partial charge is 0.404 e. The number of nitrogens with zero attached hydrogens (tertiary/aromatic N) is 1. The van der Waals surface area contributed by atoms with Crippen molar-refractivity contribution >= 4 is 12.0 Å². The van der Waals surface area contributed by atoms with E-state index < -0.39 is 6.09 Å². The number of pyridine rings is 1. The molecule has 2 amide bonds. The van der Waals surface area contributed by atoms with Crippen LogP contribution < -0.4 is 20.1 Å². The minimum Gasteiger partial charge on any atom is -0.490 e. The summed E-state index contributed by atoms with van der Waals surface area (Å²) in [6.45, 7) is 2.28. The molecule has 4 rings (SSSR count). The molecule has 3 N–H and O–H groups in total. The van der Waals surface area contributed by atoms with Gasteiger partial charge in [-0.1, -0.05) is 18.2 Å². The zero-order valence-corrected chi connectivity index (χ0v) is 20.3. The number of carboxylic acid groups (broad SMARTS) is 1. The molecule has 2 heterocycles. The number of methoxy groups -OCH3 is 1. The molecule has 0 atom stereocenters. The van der Waals surface area contributed by atoms with Crippen molar-refractivity contribution in [1.82, 2.24) is 15.6 Å². The number of carbonyl (C=O) groups is 2. The van der Waals surface area contributed by atoms with E-state index in [1.165, 1.54) is 0 Å². The number of nitrogens with one attached hydrogen (secondary N) is 2. The molecule has 1 aromatic carbocycles. The van der Waals surface area contributed by atoms with Crippen molar-refractivity contribution < 1.29 is 24.2 Å². The molecular weight excluding hydrogens is 446 g/mol. The van der Waals surface area contributed by atoms with Crippen molar-refractivity contribution in [3.8, 4) is 11.6 Å². The summed E-state index contributed by atoms with van der Waals surface area (Å²) in [6, 6.07) is 7.62. The summed E-state index contributed by atoms with van der Waals surface area (Å²) < 4.78 is 11.9. The third kappa shape index (κ3) is 6.12. The Hall–Kier alpha value is -3.55. The molecule has 8 heteroatoms. The highest BCUT2D eigenvalue weighted by molar-refractivity contribution is 5.96. The number of aryl methyl sites for hydroxylation is 2. The van der Waals surface area contributed by atoms with Gasteiger partial charge in [0.2, 0.25) is 5.88 Å². The first-order valence-electron chi connectivity index (χ1n) is 12.2. The van der Waals surface area contributed by atoms with E-state index in [1.54, 1.807) is 7.11 Å². The Bertz CT molecular complexity index is 1110. The summed E-state index contributed by atoms with van der Waals surface area (Å²) in [5.74, 6) is 1.10. The number of allylic oxidation sites excluding steroid dienone is 2. The molecule has 1 saturated carbocycles. The van der Waals surface area contributed by atoms with Gasteiger partial charge in [0.1, 0.15) is 5.75 Å². The van der Waals surface area contributed by atoms with Crippen LogP contribution in [0.1, 0.15) is 64.8 Å². The molecular formula is C27H33N3O5. The highest BCUT2D eigenvalue weighted by Gasteiger charge is 2.25. The largest absolute Gasteiger partial charge is 0.490 e. The van der Waals surface area contributed by atoms with E-state index in [1.807, 2.05) is 25.1 Å². The lowest BCUT2D eigenvalue weighted by Crippen LogP contribution is -2.39. The Morgan fingerprint density at radius 3 is 2.71 bits per heavy atom. The molecule has 186 valence electrons. The predicted octanol–water partition coefficient (Wildman–Crippen LogP) is 4.33. The Labute approximate surface area is 205 Å². The Balaban J connectivity index is 1.55. The van der Waals surface area contributed by atoms with E-state index in [9.17, 15) is 9.59 Å². The van der Waals surface area contributed by atoms with Crippen molar-refractivity contribution in [3.05, 3.63) is 64.4 Å². The third-order valence-electron chi connectivity index (χ3n) is 6.67. The van der Waals surface area contributed by atoms with Crippen molar-refractivity contribution in [3.63, 3.8) is 0 Å². The summed E-state index contributed by atoms with van der Waals surface area (Å²) >= 11 is 0. The van der Waals surface area contributed by atoms with Gasteiger partial charge in [-0.15, -0.1) is 0 Å². The first kappa shape index (κ1) is 24.6. The SMILES string of the molecule is COc1nc(C)cc2c1CNC(=O)c1cccc(O[C@H]3CC[C@H](NC(=O)O)CC3)c1C/C=C/CC2. The van der Waals surface area contributed by atoms with E-state index in [0.29, 0.717) is 30.2 Å².